The van der Waals surface area contributed by atoms with Gasteiger partial charge in [-0.3, -0.25) is 0 Å². The lowest BCUT2D eigenvalue weighted by atomic mass is 9.76. The van der Waals surface area contributed by atoms with Gasteiger partial charge in [0.25, 0.3) is 0 Å². The first-order valence-corrected chi connectivity index (χ1v) is 21.4. The first-order chi connectivity index (χ1) is 28.8. The molecule has 12 aromatic rings. The third-order valence-electron chi connectivity index (χ3n) is 13.8. The van der Waals surface area contributed by atoms with Gasteiger partial charge in [-0.15, -0.1) is 11.3 Å². The van der Waals surface area contributed by atoms with Crippen LogP contribution in [0.3, 0.4) is 0 Å². The lowest BCUT2D eigenvalue weighted by molar-refractivity contribution is 0.550. The molecule has 3 heteroatoms. The van der Waals surface area contributed by atoms with Gasteiger partial charge in [0, 0.05) is 69.4 Å². The minimum atomic E-state index is 0.107. The van der Waals surface area contributed by atoms with Gasteiger partial charge in [0.2, 0.25) is 0 Å². The second kappa shape index (κ2) is 11.2. The fraction of sp³-hybridized carbons (Fsp3) is 0.0909. The molecule has 0 amide bonds. The van der Waals surface area contributed by atoms with Crippen LogP contribution < -0.4 is 0 Å². The summed E-state index contributed by atoms with van der Waals surface area (Å²) in [4.78, 5) is 0. The summed E-state index contributed by atoms with van der Waals surface area (Å²) in [6.07, 6.45) is 4.98. The van der Waals surface area contributed by atoms with Gasteiger partial charge in [-0.1, -0.05) is 146 Å². The van der Waals surface area contributed by atoms with Gasteiger partial charge in [-0.25, -0.2) is 0 Å². The van der Waals surface area contributed by atoms with Crippen LogP contribution in [0.1, 0.15) is 36.8 Å². The number of thiophene rings is 1. The van der Waals surface area contributed by atoms with Crippen LogP contribution >= 0.6 is 11.3 Å². The van der Waals surface area contributed by atoms with E-state index in [1.54, 1.807) is 0 Å². The van der Waals surface area contributed by atoms with Crippen molar-refractivity contribution in [3.63, 3.8) is 0 Å². The van der Waals surface area contributed by atoms with Crippen molar-refractivity contribution in [2.75, 3.05) is 0 Å². The first kappa shape index (κ1) is 31.4. The Labute approximate surface area is 337 Å². The summed E-state index contributed by atoms with van der Waals surface area (Å²) in [6.45, 7) is 0. The summed E-state index contributed by atoms with van der Waals surface area (Å²) >= 11 is 1.85. The van der Waals surface area contributed by atoms with Crippen LogP contribution in [0.25, 0.3) is 119 Å². The molecule has 1 fully saturated rings. The molecule has 3 heterocycles. The first-order valence-electron chi connectivity index (χ1n) is 20.6. The molecule has 2 aliphatic rings. The van der Waals surface area contributed by atoms with E-state index in [9.17, 15) is 0 Å². The van der Waals surface area contributed by atoms with E-state index >= 15 is 0 Å². The highest BCUT2D eigenvalue weighted by Gasteiger charge is 2.46. The maximum Gasteiger partial charge on any atom is 0.143 e. The Morgan fingerprint density at radius 2 is 0.879 bits per heavy atom. The average Bonchev–Trinajstić information content (AvgIpc) is 4.11. The lowest BCUT2D eigenvalue weighted by Crippen LogP contribution is -2.20. The molecule has 1 spiro atoms. The van der Waals surface area contributed by atoms with E-state index in [1.165, 1.54) is 117 Å². The molecular weight excluding hydrogens is 725 g/mol. The Morgan fingerprint density at radius 3 is 1.55 bits per heavy atom. The SMILES string of the molecule is c1ccc2c(c1)-c1c(ccc3oc4c(-c5c6ccccc6c(-c6cccc7c6oc6ccc8sc9ccccc9c8c67)c6ccccc56)cccc4c13)C21CCCC1. The normalized spacial score (nSPS) is 14.8. The molecular formula is C55H34O2S. The van der Waals surface area contributed by atoms with E-state index in [0.29, 0.717) is 0 Å². The summed E-state index contributed by atoms with van der Waals surface area (Å²) in [5.41, 5.74) is 14.2. The van der Waals surface area contributed by atoms with Crippen molar-refractivity contribution in [3.05, 3.63) is 169 Å². The van der Waals surface area contributed by atoms with Crippen LogP contribution in [0.4, 0.5) is 0 Å². The van der Waals surface area contributed by atoms with Crippen molar-refractivity contribution in [1.82, 2.24) is 0 Å². The fourth-order valence-corrected chi connectivity index (χ4v) is 12.7. The van der Waals surface area contributed by atoms with Crippen molar-refractivity contribution in [2.45, 2.75) is 31.1 Å². The maximum absolute atomic E-state index is 7.08. The molecule has 0 bridgehead atoms. The van der Waals surface area contributed by atoms with Crippen LogP contribution in [0.15, 0.2) is 167 Å². The molecule has 0 radical (unpaired) electrons. The predicted octanol–water partition coefficient (Wildman–Crippen LogP) is 16.3. The minimum Gasteiger partial charge on any atom is -0.455 e. The topological polar surface area (TPSA) is 26.3 Å². The Hall–Kier alpha value is -6.68. The molecule has 2 aliphatic carbocycles. The van der Waals surface area contributed by atoms with Crippen molar-refractivity contribution in [2.24, 2.45) is 0 Å². The van der Waals surface area contributed by atoms with Gasteiger partial charge < -0.3 is 8.83 Å². The molecule has 0 unspecified atom stereocenters. The highest BCUT2D eigenvalue weighted by atomic mass is 32.1. The molecule has 1 saturated carbocycles. The number of rotatable bonds is 2. The van der Waals surface area contributed by atoms with Crippen molar-refractivity contribution in [3.8, 4) is 33.4 Å². The second-order valence-corrected chi connectivity index (χ2v) is 17.6. The van der Waals surface area contributed by atoms with E-state index in [4.69, 9.17) is 8.83 Å². The third-order valence-corrected chi connectivity index (χ3v) is 15.0. The number of hydrogen-bond donors (Lipinski definition) is 0. The smallest absolute Gasteiger partial charge is 0.143 e. The standard InChI is InChI=1S/C55H34O2S/c1-3-15-33-31(13-1)47(37-19-11-21-39-50-43(56-53(37)39)26-25-42-49(50)35-17-5-7-23-41(35)55(42)29-9-10-30-55)32-14-2-4-16-34(32)48(33)38-20-12-22-40-51-44(57-54(38)40)27-28-46-52(51)36-18-6-8-24-45(36)58-46/h1-8,11-28H,9-10,29-30H2. The Kier molecular flexibility index (Phi) is 6.09. The van der Waals surface area contributed by atoms with Crippen LogP contribution in [0, 0.1) is 0 Å². The van der Waals surface area contributed by atoms with Crippen LogP contribution in [-0.2, 0) is 5.41 Å². The zero-order chi connectivity index (χ0) is 37.7. The zero-order valence-corrected chi connectivity index (χ0v) is 32.4. The van der Waals surface area contributed by atoms with Crippen LogP contribution in [0.2, 0.25) is 0 Å². The predicted molar refractivity (Wildman–Crippen MR) is 244 cm³/mol. The van der Waals surface area contributed by atoms with E-state index in [2.05, 4.69) is 158 Å². The fourth-order valence-electron chi connectivity index (χ4n) is 11.6. The average molecular weight is 759 g/mol. The summed E-state index contributed by atoms with van der Waals surface area (Å²) in [6, 6.07) is 58.3. The largest absolute Gasteiger partial charge is 0.455 e. The molecule has 58 heavy (non-hydrogen) atoms. The molecule has 272 valence electrons. The number of furan rings is 2. The summed E-state index contributed by atoms with van der Waals surface area (Å²) < 4.78 is 16.6. The highest BCUT2D eigenvalue weighted by Crippen LogP contribution is 2.60. The molecule has 2 nitrogen and oxygen atoms in total. The third kappa shape index (κ3) is 3.88. The number of fused-ring (bicyclic) bond motifs is 18. The van der Waals surface area contributed by atoms with E-state index in [0.717, 1.165) is 38.8 Å². The van der Waals surface area contributed by atoms with E-state index < -0.39 is 0 Å². The molecule has 3 aromatic heterocycles. The molecule has 0 aliphatic heterocycles. The number of para-hydroxylation sites is 2. The minimum absolute atomic E-state index is 0.107. The Morgan fingerprint density at radius 1 is 0.362 bits per heavy atom. The zero-order valence-electron chi connectivity index (χ0n) is 31.6. The van der Waals surface area contributed by atoms with Gasteiger partial charge >= 0.3 is 0 Å². The molecule has 9 aromatic carbocycles. The summed E-state index contributed by atoms with van der Waals surface area (Å²) in [5.74, 6) is 0. The second-order valence-electron chi connectivity index (χ2n) is 16.5. The molecule has 14 rings (SSSR count). The van der Waals surface area contributed by atoms with Gasteiger partial charge in [0.05, 0.1) is 0 Å². The monoisotopic (exact) mass is 758 g/mol. The summed E-state index contributed by atoms with van der Waals surface area (Å²) in [7, 11) is 0. The van der Waals surface area contributed by atoms with Crippen molar-refractivity contribution in [1.29, 1.82) is 0 Å². The summed E-state index contributed by atoms with van der Waals surface area (Å²) in [5, 5.41) is 12.1. The molecule has 0 atom stereocenters. The number of hydrogen-bond acceptors (Lipinski definition) is 3. The van der Waals surface area contributed by atoms with Gasteiger partial charge in [0.15, 0.2) is 0 Å². The number of benzene rings is 9. The molecule has 0 N–H and O–H groups in total. The Bertz CT molecular complexity index is 3700. The maximum atomic E-state index is 7.08. The van der Waals surface area contributed by atoms with Crippen LogP contribution in [-0.4, -0.2) is 0 Å². The van der Waals surface area contributed by atoms with E-state index in [-0.39, 0.29) is 5.41 Å². The van der Waals surface area contributed by atoms with Gasteiger partial charge in [-0.05, 0) is 80.9 Å². The van der Waals surface area contributed by atoms with Gasteiger partial charge in [0.1, 0.15) is 22.3 Å². The highest BCUT2D eigenvalue weighted by molar-refractivity contribution is 7.26. The van der Waals surface area contributed by atoms with E-state index in [1.807, 2.05) is 11.3 Å². The van der Waals surface area contributed by atoms with Crippen LogP contribution in [0.5, 0.6) is 0 Å². The lowest BCUT2D eigenvalue weighted by Gasteiger charge is -2.26. The quantitative estimate of drug-likeness (QED) is 0.164. The molecule has 0 saturated heterocycles. The van der Waals surface area contributed by atoms with Gasteiger partial charge in [-0.2, -0.15) is 0 Å². The van der Waals surface area contributed by atoms with Crippen molar-refractivity contribution < 1.29 is 8.83 Å². The Balaban J connectivity index is 1.06. The van der Waals surface area contributed by atoms with Crippen molar-refractivity contribution >= 4 is 96.9 Å².